The normalized spacial score (nSPS) is 10.8. The third kappa shape index (κ3) is 6.26. The van der Waals surface area contributed by atoms with E-state index in [1.165, 1.54) is 11.8 Å². The molecule has 7 heteroatoms. The van der Waals surface area contributed by atoms with Crippen molar-refractivity contribution < 1.29 is 13.9 Å². The summed E-state index contributed by atoms with van der Waals surface area (Å²) in [6.45, 7) is 6.69. The molecule has 174 valence electrons. The van der Waals surface area contributed by atoms with E-state index in [0.29, 0.717) is 17.7 Å². The summed E-state index contributed by atoms with van der Waals surface area (Å²) >= 11 is 1.23. The van der Waals surface area contributed by atoms with Crippen LogP contribution >= 0.6 is 11.8 Å². The van der Waals surface area contributed by atoms with Crippen molar-refractivity contribution in [1.82, 2.24) is 10.2 Å². The molecule has 34 heavy (non-hydrogen) atoms. The van der Waals surface area contributed by atoms with E-state index >= 15 is 0 Å². The zero-order valence-corrected chi connectivity index (χ0v) is 20.3. The summed E-state index contributed by atoms with van der Waals surface area (Å²) in [4.78, 5) is 15.0. The number of ether oxygens (including phenoxy) is 1. The van der Waals surface area contributed by atoms with Crippen molar-refractivity contribution in [2.75, 3.05) is 10.7 Å². The molecule has 1 aromatic heterocycles. The minimum Gasteiger partial charge on any atom is -0.484 e. The molecule has 0 unspecified atom stereocenters. The number of amides is 1. The lowest BCUT2D eigenvalue weighted by atomic mass is 10.1. The summed E-state index contributed by atoms with van der Waals surface area (Å²) in [7, 11) is 0. The molecule has 3 aromatic carbocycles. The maximum atomic E-state index is 13.2. The van der Waals surface area contributed by atoms with Crippen LogP contribution in [-0.2, 0) is 17.9 Å². The standard InChI is InChI=1S/C27H27N3O3S/c1-19-8-7-11-23(14-19)30(16-22-9-5-4-6-10-22)26(31)18-34-27-29-28-25(33-27)17-32-24-15-20(2)12-13-21(24)3/h4-15H,16-18H2,1-3H3. The van der Waals surface area contributed by atoms with Gasteiger partial charge in [0, 0.05) is 5.69 Å². The molecule has 4 aromatic rings. The highest BCUT2D eigenvalue weighted by molar-refractivity contribution is 7.99. The molecule has 0 saturated carbocycles. The molecule has 6 nitrogen and oxygen atoms in total. The van der Waals surface area contributed by atoms with Crippen LogP contribution < -0.4 is 9.64 Å². The summed E-state index contributed by atoms with van der Waals surface area (Å²) in [5, 5.41) is 8.47. The Morgan fingerprint density at radius 3 is 2.53 bits per heavy atom. The maximum Gasteiger partial charge on any atom is 0.277 e. The summed E-state index contributed by atoms with van der Waals surface area (Å²) in [6, 6.07) is 23.9. The first-order valence-electron chi connectivity index (χ1n) is 11.0. The molecule has 0 aliphatic heterocycles. The van der Waals surface area contributed by atoms with Crippen LogP contribution in [0, 0.1) is 20.8 Å². The Morgan fingerprint density at radius 1 is 0.941 bits per heavy atom. The number of carbonyl (C=O) groups excluding carboxylic acids is 1. The monoisotopic (exact) mass is 473 g/mol. The van der Waals surface area contributed by atoms with Gasteiger partial charge in [-0.25, -0.2) is 0 Å². The lowest BCUT2D eigenvalue weighted by Crippen LogP contribution is -2.32. The average Bonchev–Trinajstić information content (AvgIpc) is 3.30. The molecule has 1 amide bonds. The van der Waals surface area contributed by atoms with Crippen LogP contribution in [0.15, 0.2) is 82.4 Å². The SMILES string of the molecule is Cc1cccc(N(Cc2ccccc2)C(=O)CSc2nnc(COc3cc(C)ccc3C)o2)c1. The predicted octanol–water partition coefficient (Wildman–Crippen LogP) is 5.90. The van der Waals surface area contributed by atoms with Crippen molar-refractivity contribution in [3.8, 4) is 5.75 Å². The lowest BCUT2D eigenvalue weighted by Gasteiger charge is -2.23. The van der Waals surface area contributed by atoms with Gasteiger partial charge in [0.1, 0.15) is 5.75 Å². The minimum absolute atomic E-state index is 0.0363. The fourth-order valence-electron chi connectivity index (χ4n) is 3.44. The van der Waals surface area contributed by atoms with Crippen LogP contribution in [0.2, 0.25) is 0 Å². The summed E-state index contributed by atoms with van der Waals surface area (Å²) in [5.41, 5.74) is 5.18. The highest BCUT2D eigenvalue weighted by Gasteiger charge is 2.19. The Morgan fingerprint density at radius 2 is 1.74 bits per heavy atom. The van der Waals surface area contributed by atoms with Gasteiger partial charge in [0.25, 0.3) is 11.1 Å². The molecule has 0 fully saturated rings. The first kappa shape index (κ1) is 23.6. The number of aromatic nitrogens is 2. The van der Waals surface area contributed by atoms with Crippen LogP contribution in [0.4, 0.5) is 5.69 Å². The summed E-state index contributed by atoms with van der Waals surface area (Å²) in [6.07, 6.45) is 0. The zero-order valence-electron chi connectivity index (χ0n) is 19.5. The van der Waals surface area contributed by atoms with E-state index in [0.717, 1.165) is 33.7 Å². The molecule has 0 spiro atoms. The summed E-state index contributed by atoms with van der Waals surface area (Å²) < 4.78 is 11.5. The van der Waals surface area contributed by atoms with Gasteiger partial charge in [0.15, 0.2) is 6.61 Å². The Labute approximate surface area is 204 Å². The van der Waals surface area contributed by atoms with Gasteiger partial charge in [0.05, 0.1) is 12.3 Å². The van der Waals surface area contributed by atoms with Crippen LogP contribution in [0.1, 0.15) is 28.1 Å². The van der Waals surface area contributed by atoms with Gasteiger partial charge in [-0.1, -0.05) is 66.4 Å². The molecular weight excluding hydrogens is 446 g/mol. The average molecular weight is 474 g/mol. The third-order valence-electron chi connectivity index (χ3n) is 5.26. The maximum absolute atomic E-state index is 13.2. The molecule has 0 radical (unpaired) electrons. The molecule has 0 aliphatic rings. The van der Waals surface area contributed by atoms with E-state index in [2.05, 4.69) is 10.2 Å². The molecule has 0 saturated heterocycles. The van der Waals surface area contributed by atoms with Crippen LogP contribution in [0.25, 0.3) is 0 Å². The summed E-state index contributed by atoms with van der Waals surface area (Å²) in [5.74, 6) is 1.30. The number of carbonyl (C=O) groups is 1. The second kappa shape index (κ2) is 11.0. The smallest absolute Gasteiger partial charge is 0.277 e. The first-order chi connectivity index (χ1) is 16.5. The van der Waals surface area contributed by atoms with Gasteiger partial charge >= 0.3 is 0 Å². The molecule has 0 bridgehead atoms. The second-order valence-corrected chi connectivity index (χ2v) is 9.04. The topological polar surface area (TPSA) is 68.5 Å². The lowest BCUT2D eigenvalue weighted by molar-refractivity contribution is -0.116. The van der Waals surface area contributed by atoms with Gasteiger partial charge in [-0.3, -0.25) is 4.79 Å². The Balaban J connectivity index is 1.39. The van der Waals surface area contributed by atoms with Crippen molar-refractivity contribution in [2.24, 2.45) is 0 Å². The minimum atomic E-state index is -0.0363. The van der Waals surface area contributed by atoms with Crippen molar-refractivity contribution >= 4 is 23.4 Å². The van der Waals surface area contributed by atoms with Gasteiger partial charge in [-0.2, -0.15) is 0 Å². The van der Waals surface area contributed by atoms with E-state index in [1.807, 2.05) is 93.6 Å². The van der Waals surface area contributed by atoms with Crippen LogP contribution in [0.3, 0.4) is 0 Å². The van der Waals surface area contributed by atoms with Crippen molar-refractivity contribution in [2.45, 2.75) is 39.1 Å². The van der Waals surface area contributed by atoms with E-state index in [1.54, 1.807) is 4.90 Å². The zero-order chi connectivity index (χ0) is 23.9. The third-order valence-corrected chi connectivity index (χ3v) is 6.06. The fourth-order valence-corrected chi connectivity index (χ4v) is 4.10. The first-order valence-corrected chi connectivity index (χ1v) is 12.0. The van der Waals surface area contributed by atoms with Crippen molar-refractivity contribution in [1.29, 1.82) is 0 Å². The number of nitrogens with zero attached hydrogens (tertiary/aromatic N) is 3. The molecule has 1 heterocycles. The van der Waals surface area contributed by atoms with Crippen LogP contribution in [0.5, 0.6) is 5.75 Å². The molecule has 0 N–H and O–H groups in total. The quantitative estimate of drug-likeness (QED) is 0.282. The van der Waals surface area contributed by atoms with Gasteiger partial charge < -0.3 is 14.1 Å². The number of hydrogen-bond acceptors (Lipinski definition) is 6. The van der Waals surface area contributed by atoms with E-state index in [9.17, 15) is 4.79 Å². The predicted molar refractivity (Wildman–Crippen MR) is 134 cm³/mol. The highest BCUT2D eigenvalue weighted by atomic mass is 32.2. The van der Waals surface area contributed by atoms with Crippen molar-refractivity contribution in [3.05, 3.63) is 101 Å². The molecule has 0 aliphatic carbocycles. The Kier molecular flexibility index (Phi) is 7.65. The molecular formula is C27H27N3O3S. The second-order valence-electron chi connectivity index (χ2n) is 8.11. The van der Waals surface area contributed by atoms with Gasteiger partial charge in [0.2, 0.25) is 5.91 Å². The van der Waals surface area contributed by atoms with E-state index in [-0.39, 0.29) is 18.3 Å². The molecule has 4 rings (SSSR count). The van der Waals surface area contributed by atoms with E-state index < -0.39 is 0 Å². The molecule has 0 atom stereocenters. The number of thioether (sulfide) groups is 1. The number of aryl methyl sites for hydroxylation is 3. The largest absolute Gasteiger partial charge is 0.484 e. The number of benzene rings is 3. The van der Waals surface area contributed by atoms with Gasteiger partial charge in [-0.05, 0) is 61.2 Å². The fraction of sp³-hybridized carbons (Fsp3) is 0.222. The number of hydrogen-bond donors (Lipinski definition) is 0. The van der Waals surface area contributed by atoms with Crippen LogP contribution in [-0.4, -0.2) is 21.9 Å². The van der Waals surface area contributed by atoms with E-state index in [4.69, 9.17) is 9.15 Å². The van der Waals surface area contributed by atoms with Gasteiger partial charge in [-0.15, -0.1) is 10.2 Å². The van der Waals surface area contributed by atoms with Crippen molar-refractivity contribution in [3.63, 3.8) is 0 Å². The number of anilines is 1. The number of rotatable bonds is 9. The Hall–Kier alpha value is -3.58. The highest BCUT2D eigenvalue weighted by Crippen LogP contribution is 2.24. The Bertz CT molecular complexity index is 1260.